The molecule has 0 unspecified atom stereocenters. The van der Waals surface area contributed by atoms with Gasteiger partial charge in [0.05, 0.1) is 5.56 Å². The van der Waals surface area contributed by atoms with Gasteiger partial charge in [-0.05, 0) is 52.5 Å². The number of hydrogen-bond donors (Lipinski definition) is 0. The lowest BCUT2D eigenvalue weighted by atomic mass is 10.0. The van der Waals surface area contributed by atoms with Crippen LogP contribution in [0.25, 0.3) is 44.5 Å². The molecule has 0 aliphatic rings. The highest BCUT2D eigenvalue weighted by Crippen LogP contribution is 2.36. The Labute approximate surface area is 164 Å². The number of furan rings is 1. The molecule has 0 aliphatic heterocycles. The van der Waals surface area contributed by atoms with E-state index in [-0.39, 0.29) is 10.6 Å². The average molecular weight is 392 g/mol. The number of benzene rings is 3. The van der Waals surface area contributed by atoms with E-state index < -0.39 is 0 Å². The Morgan fingerprint density at radius 2 is 1.44 bits per heavy atom. The molecule has 0 spiro atoms. The van der Waals surface area contributed by atoms with Crippen LogP contribution in [0.3, 0.4) is 0 Å². The van der Waals surface area contributed by atoms with Crippen LogP contribution in [-0.4, -0.2) is 15.0 Å². The summed E-state index contributed by atoms with van der Waals surface area (Å²) >= 11 is 11.9. The minimum atomic E-state index is 0.0458. The Morgan fingerprint density at radius 3 is 2.22 bits per heavy atom. The van der Waals surface area contributed by atoms with Crippen molar-refractivity contribution in [3.05, 3.63) is 77.3 Å². The maximum atomic E-state index is 6.12. The van der Waals surface area contributed by atoms with Gasteiger partial charge in [0.1, 0.15) is 11.2 Å². The zero-order valence-corrected chi connectivity index (χ0v) is 15.4. The first kappa shape index (κ1) is 16.2. The summed E-state index contributed by atoms with van der Waals surface area (Å²) in [6.07, 6.45) is 0. The van der Waals surface area contributed by atoms with E-state index in [1.165, 1.54) is 0 Å². The molecule has 0 atom stereocenters. The molecule has 5 aromatic rings. The summed E-state index contributed by atoms with van der Waals surface area (Å²) < 4.78 is 6.12. The number of para-hydroxylation sites is 1. The van der Waals surface area contributed by atoms with E-state index in [1.54, 1.807) is 0 Å². The molecule has 0 aliphatic carbocycles. The second kappa shape index (κ2) is 6.34. The van der Waals surface area contributed by atoms with Crippen molar-refractivity contribution in [2.24, 2.45) is 0 Å². The molecule has 0 saturated heterocycles. The SMILES string of the molecule is Clc1nc(Cl)nc(-c2cccc3c2oc2ccc(-c4ccccc4)cc23)n1. The fraction of sp³-hybridized carbons (Fsp3) is 0. The summed E-state index contributed by atoms with van der Waals surface area (Å²) in [7, 11) is 0. The molecule has 0 radical (unpaired) electrons. The minimum absolute atomic E-state index is 0.0458. The van der Waals surface area contributed by atoms with Crippen molar-refractivity contribution < 1.29 is 4.42 Å². The summed E-state index contributed by atoms with van der Waals surface area (Å²) in [6, 6.07) is 22.2. The predicted octanol–water partition coefficient (Wildman–Crippen LogP) is 6.41. The third-order valence-corrected chi connectivity index (χ3v) is 4.76. The maximum absolute atomic E-state index is 6.12. The standard InChI is InChI=1S/C21H11Cl2N3O/c22-20-24-19(25-21(23)26-20)15-8-4-7-14-16-11-13(12-5-2-1-3-6-12)9-10-17(16)27-18(14)15/h1-11H. The van der Waals surface area contributed by atoms with Gasteiger partial charge in [-0.1, -0.05) is 48.5 Å². The van der Waals surface area contributed by atoms with Crippen molar-refractivity contribution in [3.8, 4) is 22.5 Å². The van der Waals surface area contributed by atoms with Crippen molar-refractivity contribution >= 4 is 45.1 Å². The molecule has 5 rings (SSSR count). The number of nitrogens with zero attached hydrogens (tertiary/aromatic N) is 3. The maximum Gasteiger partial charge on any atom is 0.227 e. The fourth-order valence-corrected chi connectivity index (χ4v) is 3.59. The van der Waals surface area contributed by atoms with Crippen LogP contribution in [0.5, 0.6) is 0 Å². The molecule has 2 heterocycles. The first-order valence-electron chi connectivity index (χ1n) is 8.27. The number of aromatic nitrogens is 3. The van der Waals surface area contributed by atoms with Gasteiger partial charge in [0, 0.05) is 10.8 Å². The molecule has 0 amide bonds. The second-order valence-corrected chi connectivity index (χ2v) is 6.73. The van der Waals surface area contributed by atoms with Crippen LogP contribution < -0.4 is 0 Å². The van der Waals surface area contributed by atoms with E-state index in [0.717, 1.165) is 33.0 Å². The molecule has 3 aromatic carbocycles. The largest absolute Gasteiger partial charge is 0.455 e. The van der Waals surface area contributed by atoms with Crippen LogP contribution in [0.2, 0.25) is 10.6 Å². The lowest BCUT2D eigenvalue weighted by Gasteiger charge is -2.02. The van der Waals surface area contributed by atoms with Gasteiger partial charge < -0.3 is 4.42 Å². The number of halogens is 2. The lowest BCUT2D eigenvalue weighted by Crippen LogP contribution is -1.93. The minimum Gasteiger partial charge on any atom is -0.455 e. The topological polar surface area (TPSA) is 51.8 Å². The Balaban J connectivity index is 1.76. The molecule has 0 fully saturated rings. The predicted molar refractivity (Wildman–Crippen MR) is 108 cm³/mol. The van der Waals surface area contributed by atoms with Crippen molar-refractivity contribution in [1.29, 1.82) is 0 Å². The van der Waals surface area contributed by atoms with Crippen molar-refractivity contribution in [2.45, 2.75) is 0 Å². The van der Waals surface area contributed by atoms with Crippen LogP contribution in [0.1, 0.15) is 0 Å². The van der Waals surface area contributed by atoms with E-state index in [0.29, 0.717) is 11.4 Å². The molecular weight excluding hydrogens is 381 g/mol. The molecule has 4 nitrogen and oxygen atoms in total. The van der Waals surface area contributed by atoms with Gasteiger partial charge in [0.2, 0.25) is 10.6 Å². The molecule has 0 bridgehead atoms. The van der Waals surface area contributed by atoms with E-state index in [9.17, 15) is 0 Å². The highest BCUT2D eigenvalue weighted by molar-refractivity contribution is 6.31. The Morgan fingerprint density at radius 1 is 0.667 bits per heavy atom. The summed E-state index contributed by atoms with van der Waals surface area (Å²) in [4.78, 5) is 12.2. The average Bonchev–Trinajstić information content (AvgIpc) is 3.06. The zero-order valence-electron chi connectivity index (χ0n) is 13.9. The Hall–Kier alpha value is -2.95. The van der Waals surface area contributed by atoms with Gasteiger partial charge in [-0.3, -0.25) is 0 Å². The fourth-order valence-electron chi connectivity index (χ4n) is 3.23. The lowest BCUT2D eigenvalue weighted by molar-refractivity contribution is 0.669. The molecule has 0 N–H and O–H groups in total. The highest BCUT2D eigenvalue weighted by Gasteiger charge is 2.15. The molecule has 130 valence electrons. The first-order valence-corrected chi connectivity index (χ1v) is 9.03. The molecule has 0 saturated carbocycles. The van der Waals surface area contributed by atoms with E-state index in [2.05, 4.69) is 39.2 Å². The third-order valence-electron chi connectivity index (χ3n) is 4.43. The first-order chi connectivity index (χ1) is 13.2. The van der Waals surface area contributed by atoms with Gasteiger partial charge >= 0.3 is 0 Å². The monoisotopic (exact) mass is 391 g/mol. The number of fused-ring (bicyclic) bond motifs is 3. The summed E-state index contributed by atoms with van der Waals surface area (Å²) in [5, 5.41) is 2.10. The van der Waals surface area contributed by atoms with Gasteiger partial charge in [0.25, 0.3) is 0 Å². The van der Waals surface area contributed by atoms with Crippen LogP contribution >= 0.6 is 23.2 Å². The number of rotatable bonds is 2. The van der Waals surface area contributed by atoms with E-state index >= 15 is 0 Å². The van der Waals surface area contributed by atoms with Crippen LogP contribution in [0.15, 0.2) is 71.1 Å². The molecule has 27 heavy (non-hydrogen) atoms. The molecule has 6 heteroatoms. The van der Waals surface area contributed by atoms with Crippen molar-refractivity contribution in [1.82, 2.24) is 15.0 Å². The van der Waals surface area contributed by atoms with Gasteiger partial charge in [-0.2, -0.15) is 15.0 Å². The van der Waals surface area contributed by atoms with Crippen molar-refractivity contribution in [2.75, 3.05) is 0 Å². The third kappa shape index (κ3) is 2.83. The number of hydrogen-bond acceptors (Lipinski definition) is 4. The summed E-state index contributed by atoms with van der Waals surface area (Å²) in [5.41, 5.74) is 4.49. The quantitative estimate of drug-likeness (QED) is 0.348. The second-order valence-electron chi connectivity index (χ2n) is 6.06. The summed E-state index contributed by atoms with van der Waals surface area (Å²) in [6.45, 7) is 0. The molecule has 2 aromatic heterocycles. The van der Waals surface area contributed by atoms with Crippen LogP contribution in [-0.2, 0) is 0 Å². The van der Waals surface area contributed by atoms with Crippen LogP contribution in [0.4, 0.5) is 0 Å². The molecular formula is C21H11Cl2N3O. The van der Waals surface area contributed by atoms with E-state index in [4.69, 9.17) is 27.6 Å². The Bertz CT molecular complexity index is 1280. The van der Waals surface area contributed by atoms with Gasteiger partial charge in [-0.25, -0.2) is 0 Å². The highest BCUT2D eigenvalue weighted by atomic mass is 35.5. The van der Waals surface area contributed by atoms with Crippen molar-refractivity contribution in [3.63, 3.8) is 0 Å². The zero-order chi connectivity index (χ0) is 18.4. The Kier molecular flexibility index (Phi) is 3.81. The van der Waals surface area contributed by atoms with Gasteiger partial charge in [0.15, 0.2) is 5.82 Å². The van der Waals surface area contributed by atoms with Gasteiger partial charge in [-0.15, -0.1) is 0 Å². The van der Waals surface area contributed by atoms with Crippen LogP contribution in [0, 0.1) is 0 Å². The smallest absolute Gasteiger partial charge is 0.227 e. The summed E-state index contributed by atoms with van der Waals surface area (Å²) in [5.74, 6) is 0.382. The normalized spacial score (nSPS) is 11.3. The van der Waals surface area contributed by atoms with E-state index in [1.807, 2.05) is 42.5 Å².